The summed E-state index contributed by atoms with van der Waals surface area (Å²) in [7, 11) is 0. The molecule has 0 bridgehead atoms. The maximum atomic E-state index is 9.58. The Hall–Kier alpha value is -0.860. The monoisotopic (exact) mass is 219 g/mol. The molecule has 2 nitrogen and oxygen atoms in total. The number of aliphatic hydroxyl groups excluding tert-OH is 1. The van der Waals surface area contributed by atoms with Crippen molar-refractivity contribution in [3.05, 3.63) is 34.9 Å². The van der Waals surface area contributed by atoms with E-state index in [1.54, 1.807) is 0 Å². The van der Waals surface area contributed by atoms with Crippen LogP contribution in [0, 0.1) is 13.8 Å². The second kappa shape index (κ2) is 4.56. The topological polar surface area (TPSA) is 32.3 Å². The number of benzene rings is 1. The average Bonchev–Trinajstić information content (AvgIpc) is 2.73. The minimum absolute atomic E-state index is 0.0709. The second-order valence-electron chi connectivity index (χ2n) is 5.08. The summed E-state index contributed by atoms with van der Waals surface area (Å²) in [5.41, 5.74) is 3.92. The fraction of sp³-hybridized carbons (Fsp3) is 0.571. The number of nitrogens with one attached hydrogen (secondary N) is 1. The third-order valence-electron chi connectivity index (χ3n) is 3.67. The fourth-order valence-electron chi connectivity index (χ4n) is 2.57. The lowest BCUT2D eigenvalue weighted by Gasteiger charge is -2.28. The molecule has 16 heavy (non-hydrogen) atoms. The summed E-state index contributed by atoms with van der Waals surface area (Å²) < 4.78 is 0. The van der Waals surface area contributed by atoms with Crippen LogP contribution in [0.15, 0.2) is 18.2 Å². The van der Waals surface area contributed by atoms with Crippen molar-refractivity contribution in [2.75, 3.05) is 13.2 Å². The summed E-state index contributed by atoms with van der Waals surface area (Å²) in [5, 5.41) is 13.0. The van der Waals surface area contributed by atoms with Crippen LogP contribution in [0.3, 0.4) is 0 Å². The van der Waals surface area contributed by atoms with Crippen LogP contribution in [0.4, 0.5) is 0 Å². The zero-order chi connectivity index (χ0) is 11.6. The predicted octanol–water partition coefficient (Wildman–Crippen LogP) is 1.96. The molecule has 1 aliphatic rings. The Morgan fingerprint density at radius 1 is 1.38 bits per heavy atom. The van der Waals surface area contributed by atoms with Crippen LogP contribution in [0.5, 0.6) is 0 Å². The summed E-state index contributed by atoms with van der Waals surface area (Å²) >= 11 is 0. The molecule has 1 unspecified atom stereocenters. The normalized spacial score (nSPS) is 24.9. The molecule has 1 heterocycles. The van der Waals surface area contributed by atoms with Gasteiger partial charge in [-0.15, -0.1) is 0 Å². The molecule has 0 spiro atoms. The Balaban J connectivity index is 2.21. The van der Waals surface area contributed by atoms with E-state index in [4.69, 9.17) is 0 Å². The second-order valence-corrected chi connectivity index (χ2v) is 5.08. The van der Waals surface area contributed by atoms with Crippen LogP contribution >= 0.6 is 0 Å². The largest absolute Gasteiger partial charge is 0.394 e. The van der Waals surface area contributed by atoms with Crippen LogP contribution in [0.2, 0.25) is 0 Å². The Morgan fingerprint density at radius 2 is 2.19 bits per heavy atom. The van der Waals surface area contributed by atoms with Gasteiger partial charge in [0.15, 0.2) is 0 Å². The molecule has 1 aliphatic heterocycles. The number of rotatable bonds is 3. The van der Waals surface area contributed by atoms with Crippen molar-refractivity contribution >= 4 is 0 Å². The molecule has 1 aromatic rings. The first kappa shape index (κ1) is 11.6. The molecular formula is C14H21NO. The van der Waals surface area contributed by atoms with E-state index in [9.17, 15) is 5.11 Å². The highest BCUT2D eigenvalue weighted by Crippen LogP contribution is 2.25. The molecule has 0 saturated carbocycles. The summed E-state index contributed by atoms with van der Waals surface area (Å²) in [6, 6.07) is 6.56. The quantitative estimate of drug-likeness (QED) is 0.814. The van der Waals surface area contributed by atoms with Gasteiger partial charge in [-0.25, -0.2) is 0 Å². The zero-order valence-electron chi connectivity index (χ0n) is 10.2. The summed E-state index contributed by atoms with van der Waals surface area (Å²) in [6.45, 7) is 5.54. The molecule has 2 N–H and O–H groups in total. The lowest BCUT2D eigenvalue weighted by molar-refractivity contribution is 0.177. The van der Waals surface area contributed by atoms with Crippen molar-refractivity contribution in [2.45, 2.75) is 38.6 Å². The van der Waals surface area contributed by atoms with Crippen molar-refractivity contribution in [1.82, 2.24) is 5.32 Å². The van der Waals surface area contributed by atoms with E-state index < -0.39 is 0 Å². The summed E-state index contributed by atoms with van der Waals surface area (Å²) in [4.78, 5) is 0. The van der Waals surface area contributed by atoms with Gasteiger partial charge in [0.25, 0.3) is 0 Å². The van der Waals surface area contributed by atoms with E-state index in [0.29, 0.717) is 0 Å². The van der Waals surface area contributed by atoms with Gasteiger partial charge in [-0.2, -0.15) is 0 Å². The highest BCUT2D eigenvalue weighted by molar-refractivity contribution is 5.32. The van der Waals surface area contributed by atoms with Crippen molar-refractivity contribution < 1.29 is 5.11 Å². The Bertz CT molecular complexity index is 367. The molecule has 1 atom stereocenters. The standard InChI is InChI=1S/C14H21NO/c1-11-4-5-12(2)13(8-11)9-14(10-16)6-3-7-15-14/h4-5,8,15-16H,3,6-7,9-10H2,1-2H3. The molecule has 0 aliphatic carbocycles. The van der Waals surface area contributed by atoms with E-state index in [1.807, 2.05) is 0 Å². The first-order chi connectivity index (χ1) is 7.65. The molecule has 0 amide bonds. The van der Waals surface area contributed by atoms with Gasteiger partial charge in [0.05, 0.1) is 6.61 Å². The Labute approximate surface area is 97.7 Å². The molecule has 1 fully saturated rings. The lowest BCUT2D eigenvalue weighted by Crippen LogP contribution is -2.45. The van der Waals surface area contributed by atoms with E-state index in [2.05, 4.69) is 37.4 Å². The molecule has 0 radical (unpaired) electrons. The molecular weight excluding hydrogens is 198 g/mol. The highest BCUT2D eigenvalue weighted by atomic mass is 16.3. The minimum atomic E-state index is -0.0709. The fourth-order valence-corrected chi connectivity index (χ4v) is 2.57. The van der Waals surface area contributed by atoms with Crippen molar-refractivity contribution in [3.63, 3.8) is 0 Å². The third kappa shape index (κ3) is 2.28. The molecule has 0 aromatic heterocycles. The maximum Gasteiger partial charge on any atom is 0.0616 e. The van der Waals surface area contributed by atoms with Gasteiger partial charge in [0, 0.05) is 5.54 Å². The van der Waals surface area contributed by atoms with Gasteiger partial charge in [0.1, 0.15) is 0 Å². The Kier molecular flexibility index (Phi) is 3.31. The average molecular weight is 219 g/mol. The zero-order valence-corrected chi connectivity index (χ0v) is 10.2. The maximum absolute atomic E-state index is 9.58. The van der Waals surface area contributed by atoms with E-state index in [0.717, 1.165) is 19.4 Å². The number of aliphatic hydroxyl groups is 1. The molecule has 1 saturated heterocycles. The number of hydrogen-bond acceptors (Lipinski definition) is 2. The van der Waals surface area contributed by atoms with Gasteiger partial charge in [-0.05, 0) is 50.8 Å². The van der Waals surface area contributed by atoms with Crippen LogP contribution < -0.4 is 5.32 Å². The number of hydrogen-bond donors (Lipinski definition) is 2. The van der Waals surface area contributed by atoms with Gasteiger partial charge < -0.3 is 10.4 Å². The predicted molar refractivity (Wildman–Crippen MR) is 66.7 cm³/mol. The van der Waals surface area contributed by atoms with Crippen molar-refractivity contribution in [1.29, 1.82) is 0 Å². The minimum Gasteiger partial charge on any atom is -0.394 e. The summed E-state index contributed by atoms with van der Waals surface area (Å²) in [6.07, 6.45) is 3.19. The van der Waals surface area contributed by atoms with Crippen LogP contribution in [-0.4, -0.2) is 23.8 Å². The SMILES string of the molecule is Cc1ccc(C)c(CC2(CO)CCCN2)c1. The molecule has 2 heteroatoms. The molecule has 88 valence electrons. The van der Waals surface area contributed by atoms with Gasteiger partial charge in [-0.3, -0.25) is 0 Å². The highest BCUT2D eigenvalue weighted by Gasteiger charge is 2.33. The van der Waals surface area contributed by atoms with E-state index in [-0.39, 0.29) is 12.1 Å². The van der Waals surface area contributed by atoms with Crippen LogP contribution in [-0.2, 0) is 6.42 Å². The Morgan fingerprint density at radius 3 is 2.81 bits per heavy atom. The van der Waals surface area contributed by atoms with Crippen molar-refractivity contribution in [3.8, 4) is 0 Å². The van der Waals surface area contributed by atoms with E-state index in [1.165, 1.54) is 23.1 Å². The molecule has 1 aromatic carbocycles. The summed E-state index contributed by atoms with van der Waals surface area (Å²) in [5.74, 6) is 0. The lowest BCUT2D eigenvalue weighted by atomic mass is 9.88. The van der Waals surface area contributed by atoms with Crippen molar-refractivity contribution in [2.24, 2.45) is 0 Å². The smallest absolute Gasteiger partial charge is 0.0616 e. The van der Waals surface area contributed by atoms with Gasteiger partial charge >= 0.3 is 0 Å². The number of aryl methyl sites for hydroxylation is 2. The van der Waals surface area contributed by atoms with Gasteiger partial charge in [0.2, 0.25) is 0 Å². The first-order valence-corrected chi connectivity index (χ1v) is 6.07. The third-order valence-corrected chi connectivity index (χ3v) is 3.67. The molecule has 2 rings (SSSR count). The first-order valence-electron chi connectivity index (χ1n) is 6.07. The van der Waals surface area contributed by atoms with Gasteiger partial charge in [-0.1, -0.05) is 23.8 Å². The van der Waals surface area contributed by atoms with Crippen LogP contribution in [0.1, 0.15) is 29.5 Å². The van der Waals surface area contributed by atoms with Crippen LogP contribution in [0.25, 0.3) is 0 Å². The van der Waals surface area contributed by atoms with E-state index >= 15 is 0 Å².